The molecule has 2 rings (SSSR count). The summed E-state index contributed by atoms with van der Waals surface area (Å²) in [7, 11) is 0. The first kappa shape index (κ1) is 14.5. The number of hydrogen-bond acceptors (Lipinski definition) is 4. The molecule has 1 amide bonds. The van der Waals surface area contributed by atoms with Crippen LogP contribution in [0.15, 0.2) is 10.9 Å². The average Bonchev–Trinajstić information content (AvgIpc) is 2.93. The van der Waals surface area contributed by atoms with E-state index >= 15 is 0 Å². The van der Waals surface area contributed by atoms with E-state index in [1.54, 1.807) is 11.3 Å². The lowest BCUT2D eigenvalue weighted by atomic mass is 9.74. The van der Waals surface area contributed by atoms with Gasteiger partial charge < -0.3 is 10.6 Å². The molecule has 0 saturated carbocycles. The lowest BCUT2D eigenvalue weighted by Crippen LogP contribution is -2.48. The summed E-state index contributed by atoms with van der Waals surface area (Å²) in [6, 6.07) is 0. The third-order valence-corrected chi connectivity index (χ3v) is 4.56. The minimum atomic E-state index is -0.137. The number of amides is 1. The normalized spacial score (nSPS) is 18.2. The summed E-state index contributed by atoms with van der Waals surface area (Å²) >= 11 is 1.60. The van der Waals surface area contributed by atoms with Gasteiger partial charge >= 0.3 is 0 Å². The number of rotatable bonds is 6. The second-order valence-electron chi connectivity index (χ2n) is 5.27. The van der Waals surface area contributed by atoms with Crippen LogP contribution in [0.25, 0.3) is 0 Å². The molecule has 0 spiro atoms. The number of piperidine rings is 1. The Hall–Kier alpha value is -0.940. The van der Waals surface area contributed by atoms with Crippen LogP contribution in [0.4, 0.5) is 0 Å². The minimum Gasteiger partial charge on any atom is -0.355 e. The van der Waals surface area contributed by atoms with Crippen molar-refractivity contribution in [1.29, 1.82) is 0 Å². The summed E-state index contributed by atoms with van der Waals surface area (Å²) in [5.41, 5.74) is 2.77. The van der Waals surface area contributed by atoms with Crippen molar-refractivity contribution >= 4 is 17.2 Å². The molecule has 1 aliphatic heterocycles. The largest absolute Gasteiger partial charge is 0.355 e. The molecule has 2 N–H and O–H groups in total. The number of carbonyl (C=O) groups is 1. The molecule has 106 valence electrons. The third-order valence-electron chi connectivity index (χ3n) is 3.92. The van der Waals surface area contributed by atoms with Crippen molar-refractivity contribution in [3.63, 3.8) is 0 Å². The molecule has 0 aliphatic carbocycles. The molecule has 1 aliphatic rings. The third kappa shape index (κ3) is 3.76. The maximum absolute atomic E-state index is 12.5. The van der Waals surface area contributed by atoms with Crippen LogP contribution in [0.5, 0.6) is 0 Å². The number of thiazole rings is 1. The first-order valence-corrected chi connectivity index (χ1v) is 8.07. The van der Waals surface area contributed by atoms with Crippen molar-refractivity contribution in [1.82, 2.24) is 15.6 Å². The van der Waals surface area contributed by atoms with Crippen molar-refractivity contribution in [2.45, 2.75) is 39.0 Å². The van der Waals surface area contributed by atoms with Gasteiger partial charge in [0.15, 0.2) is 0 Å². The van der Waals surface area contributed by atoms with Gasteiger partial charge in [0.25, 0.3) is 0 Å². The predicted molar refractivity (Wildman–Crippen MR) is 78.3 cm³/mol. The average molecular weight is 281 g/mol. The Labute approximate surface area is 119 Å². The Morgan fingerprint density at radius 3 is 2.95 bits per heavy atom. The zero-order chi connectivity index (χ0) is 13.6. The van der Waals surface area contributed by atoms with Crippen molar-refractivity contribution < 1.29 is 4.79 Å². The molecule has 1 aromatic rings. The number of carbonyl (C=O) groups excluding carboxylic acids is 1. The molecule has 1 saturated heterocycles. The highest BCUT2D eigenvalue weighted by Gasteiger charge is 2.38. The highest BCUT2D eigenvalue weighted by molar-refractivity contribution is 7.07. The zero-order valence-corrected chi connectivity index (χ0v) is 12.4. The SMILES string of the molecule is CCCC1(C(=O)NCCc2cscn2)CCNCC1. The van der Waals surface area contributed by atoms with Crippen LogP contribution in [-0.4, -0.2) is 30.5 Å². The van der Waals surface area contributed by atoms with E-state index in [0.717, 1.165) is 50.9 Å². The molecule has 19 heavy (non-hydrogen) atoms. The molecule has 0 bridgehead atoms. The second-order valence-corrected chi connectivity index (χ2v) is 5.98. The molecule has 0 unspecified atom stereocenters. The van der Waals surface area contributed by atoms with Crippen LogP contribution in [0.3, 0.4) is 0 Å². The molecular weight excluding hydrogens is 258 g/mol. The van der Waals surface area contributed by atoms with E-state index in [0.29, 0.717) is 6.54 Å². The van der Waals surface area contributed by atoms with Gasteiger partial charge in [-0.3, -0.25) is 4.79 Å². The lowest BCUT2D eigenvalue weighted by molar-refractivity contribution is -0.133. The fraction of sp³-hybridized carbons (Fsp3) is 0.714. The van der Waals surface area contributed by atoms with Crippen molar-refractivity contribution in [2.75, 3.05) is 19.6 Å². The number of hydrogen-bond donors (Lipinski definition) is 2. The number of nitrogens with one attached hydrogen (secondary N) is 2. The molecule has 5 heteroatoms. The van der Waals surface area contributed by atoms with E-state index in [1.807, 2.05) is 10.9 Å². The number of aromatic nitrogens is 1. The van der Waals surface area contributed by atoms with Gasteiger partial charge in [-0.2, -0.15) is 0 Å². The topological polar surface area (TPSA) is 54.0 Å². The van der Waals surface area contributed by atoms with Gasteiger partial charge in [0, 0.05) is 18.3 Å². The van der Waals surface area contributed by atoms with Crippen molar-refractivity contribution in [3.05, 3.63) is 16.6 Å². The summed E-state index contributed by atoms with van der Waals surface area (Å²) in [5, 5.41) is 8.50. The van der Waals surface area contributed by atoms with Gasteiger partial charge in [-0.25, -0.2) is 4.98 Å². The maximum Gasteiger partial charge on any atom is 0.226 e. The molecule has 0 atom stereocenters. The Kier molecular flexibility index (Phi) is 5.34. The van der Waals surface area contributed by atoms with Crippen molar-refractivity contribution in [2.24, 2.45) is 5.41 Å². The van der Waals surface area contributed by atoms with Crippen molar-refractivity contribution in [3.8, 4) is 0 Å². The molecule has 1 fully saturated rings. The van der Waals surface area contributed by atoms with Gasteiger partial charge in [0.1, 0.15) is 0 Å². The zero-order valence-electron chi connectivity index (χ0n) is 11.6. The summed E-state index contributed by atoms with van der Waals surface area (Å²) in [6.45, 7) is 4.77. The predicted octanol–water partition coefficient (Wildman–Crippen LogP) is 1.97. The van der Waals surface area contributed by atoms with Gasteiger partial charge in [-0.05, 0) is 32.4 Å². The summed E-state index contributed by atoms with van der Waals surface area (Å²) < 4.78 is 0. The summed E-state index contributed by atoms with van der Waals surface area (Å²) in [6.07, 6.45) is 4.82. The van der Waals surface area contributed by atoms with E-state index in [1.165, 1.54) is 0 Å². The van der Waals surface area contributed by atoms with Gasteiger partial charge in [0.05, 0.1) is 16.6 Å². The van der Waals surface area contributed by atoms with E-state index in [9.17, 15) is 4.79 Å². The lowest BCUT2D eigenvalue weighted by Gasteiger charge is -2.36. The summed E-state index contributed by atoms with van der Waals surface area (Å²) in [5.74, 6) is 0.242. The fourth-order valence-electron chi connectivity index (χ4n) is 2.83. The smallest absolute Gasteiger partial charge is 0.226 e. The van der Waals surface area contributed by atoms with Crippen LogP contribution >= 0.6 is 11.3 Å². The minimum absolute atomic E-state index is 0.137. The maximum atomic E-state index is 12.5. The van der Waals surface area contributed by atoms with Crippen LogP contribution in [0.1, 0.15) is 38.3 Å². The number of nitrogens with zero attached hydrogens (tertiary/aromatic N) is 1. The highest BCUT2D eigenvalue weighted by Crippen LogP contribution is 2.34. The molecular formula is C14H23N3OS. The highest BCUT2D eigenvalue weighted by atomic mass is 32.1. The quantitative estimate of drug-likeness (QED) is 0.838. The van der Waals surface area contributed by atoms with E-state index < -0.39 is 0 Å². The molecule has 0 radical (unpaired) electrons. The second kappa shape index (κ2) is 7.01. The Morgan fingerprint density at radius 2 is 2.32 bits per heavy atom. The van der Waals surface area contributed by atoms with Crippen LogP contribution < -0.4 is 10.6 Å². The van der Waals surface area contributed by atoms with Crippen LogP contribution in [0.2, 0.25) is 0 Å². The van der Waals surface area contributed by atoms with E-state index in [2.05, 4.69) is 22.5 Å². The van der Waals surface area contributed by atoms with E-state index in [-0.39, 0.29) is 11.3 Å². The van der Waals surface area contributed by atoms with Crippen LogP contribution in [0, 0.1) is 5.41 Å². The molecule has 1 aromatic heterocycles. The standard InChI is InChI=1S/C14H23N3OS/c1-2-4-14(5-8-15-9-6-14)13(18)16-7-3-12-10-19-11-17-12/h10-11,15H,2-9H2,1H3,(H,16,18). The Morgan fingerprint density at radius 1 is 1.53 bits per heavy atom. The first-order chi connectivity index (χ1) is 9.27. The molecule has 0 aromatic carbocycles. The first-order valence-electron chi connectivity index (χ1n) is 7.13. The fourth-order valence-corrected chi connectivity index (χ4v) is 3.42. The van der Waals surface area contributed by atoms with Crippen LogP contribution in [-0.2, 0) is 11.2 Å². The Bertz CT molecular complexity index is 380. The summed E-state index contributed by atoms with van der Waals surface area (Å²) in [4.78, 5) is 16.7. The Balaban J connectivity index is 1.85. The van der Waals surface area contributed by atoms with Gasteiger partial charge in [0.2, 0.25) is 5.91 Å². The van der Waals surface area contributed by atoms with Gasteiger partial charge in [-0.15, -0.1) is 11.3 Å². The monoisotopic (exact) mass is 281 g/mol. The molecule has 2 heterocycles. The van der Waals surface area contributed by atoms with E-state index in [4.69, 9.17) is 0 Å². The molecule has 4 nitrogen and oxygen atoms in total. The van der Waals surface area contributed by atoms with Gasteiger partial charge in [-0.1, -0.05) is 13.3 Å².